The predicted molar refractivity (Wildman–Crippen MR) is 115 cm³/mol. The fourth-order valence-electron chi connectivity index (χ4n) is 2.76. The third kappa shape index (κ3) is 6.48. The highest BCUT2D eigenvalue weighted by atomic mass is 35.5. The second kappa shape index (κ2) is 9.62. The Morgan fingerprint density at radius 1 is 0.969 bits per heavy atom. The van der Waals surface area contributed by atoms with Gasteiger partial charge in [-0.1, -0.05) is 41.9 Å². The van der Waals surface area contributed by atoms with E-state index in [1.807, 2.05) is 0 Å². The largest absolute Gasteiger partial charge is 0.482 e. The van der Waals surface area contributed by atoms with Crippen LogP contribution in [0.25, 0.3) is 0 Å². The Bertz CT molecular complexity index is 1200. The van der Waals surface area contributed by atoms with E-state index in [9.17, 15) is 26.4 Å². The number of hydrogen-bond acceptors (Lipinski definition) is 4. The summed E-state index contributed by atoms with van der Waals surface area (Å²) in [7, 11) is -3.55. The molecule has 3 rings (SSSR count). The Morgan fingerprint density at radius 2 is 1.62 bits per heavy atom. The highest BCUT2D eigenvalue weighted by Gasteiger charge is 2.29. The number of anilines is 1. The predicted octanol–water partition coefficient (Wildman–Crippen LogP) is 5.51. The number of carbonyl (C=O) groups is 1. The first kappa shape index (κ1) is 23.6. The first-order valence-corrected chi connectivity index (χ1v) is 11.2. The molecular formula is C22H17ClF3NO4S. The second-order valence-corrected chi connectivity index (χ2v) is 9.19. The van der Waals surface area contributed by atoms with Crippen LogP contribution in [-0.2, 0) is 15.6 Å². The monoisotopic (exact) mass is 483 g/mol. The third-order valence-corrected chi connectivity index (χ3v) is 6.20. The van der Waals surface area contributed by atoms with E-state index in [2.05, 4.69) is 5.32 Å². The summed E-state index contributed by atoms with van der Waals surface area (Å²) in [5.74, 6) is -1.06. The average Bonchev–Trinajstić information content (AvgIpc) is 2.73. The van der Waals surface area contributed by atoms with Gasteiger partial charge in [0.15, 0.2) is 16.4 Å². The van der Waals surface area contributed by atoms with Gasteiger partial charge in [-0.25, -0.2) is 8.42 Å². The van der Waals surface area contributed by atoms with E-state index >= 15 is 0 Å². The maximum atomic E-state index is 12.5. The molecule has 0 saturated carbocycles. The number of rotatable bonds is 7. The molecule has 0 unspecified atom stereocenters. The summed E-state index contributed by atoms with van der Waals surface area (Å²) in [5.41, 5.74) is 0.623. The summed E-state index contributed by atoms with van der Waals surface area (Å²) in [6.45, 7) is -1.53. The van der Waals surface area contributed by atoms with Crippen molar-refractivity contribution in [3.63, 3.8) is 0 Å². The zero-order valence-corrected chi connectivity index (χ0v) is 18.0. The van der Waals surface area contributed by atoms with Gasteiger partial charge < -0.3 is 10.1 Å². The molecule has 10 heteroatoms. The number of carbonyl (C=O) groups excluding carboxylic acids is 1. The Balaban J connectivity index is 1.72. The van der Waals surface area contributed by atoms with Gasteiger partial charge in [-0.05, 0) is 48.0 Å². The minimum absolute atomic E-state index is 0.0255. The molecule has 0 spiro atoms. The summed E-state index contributed by atoms with van der Waals surface area (Å²) in [4.78, 5) is 12.7. The molecule has 0 bridgehead atoms. The molecule has 0 aliphatic carbocycles. The van der Waals surface area contributed by atoms with Gasteiger partial charge in [-0.15, -0.1) is 0 Å². The van der Waals surface area contributed by atoms with Crippen LogP contribution < -0.4 is 10.1 Å². The lowest BCUT2D eigenvalue weighted by molar-refractivity contribution is -0.153. The van der Waals surface area contributed by atoms with Crippen LogP contribution in [0, 0.1) is 0 Å². The fourth-order valence-corrected chi connectivity index (χ4v) is 4.30. The molecule has 3 aromatic rings. The number of amides is 1. The molecule has 0 heterocycles. The highest BCUT2D eigenvalue weighted by Crippen LogP contribution is 2.30. The van der Waals surface area contributed by atoms with Gasteiger partial charge in [0.25, 0.3) is 5.91 Å². The van der Waals surface area contributed by atoms with Crippen LogP contribution in [0.2, 0.25) is 5.02 Å². The fraction of sp³-hybridized carbons (Fsp3) is 0.136. The van der Waals surface area contributed by atoms with Crippen LogP contribution in [0.3, 0.4) is 0 Å². The molecule has 32 heavy (non-hydrogen) atoms. The minimum Gasteiger partial charge on any atom is -0.482 e. The molecule has 0 aliphatic rings. The Labute approximate surface area is 187 Å². The van der Waals surface area contributed by atoms with Crippen molar-refractivity contribution in [3.05, 3.63) is 88.9 Å². The van der Waals surface area contributed by atoms with E-state index < -0.39 is 28.5 Å². The van der Waals surface area contributed by atoms with Gasteiger partial charge in [0.2, 0.25) is 0 Å². The molecule has 0 radical (unpaired) electrons. The van der Waals surface area contributed by atoms with Crippen LogP contribution in [0.15, 0.2) is 77.7 Å². The summed E-state index contributed by atoms with van der Waals surface area (Å²) >= 11 is 5.88. The maximum Gasteiger partial charge on any atom is 0.422 e. The molecule has 0 atom stereocenters. The van der Waals surface area contributed by atoms with Gasteiger partial charge in [-0.2, -0.15) is 13.2 Å². The maximum absolute atomic E-state index is 12.5. The second-order valence-electron chi connectivity index (χ2n) is 6.77. The van der Waals surface area contributed by atoms with Crippen LogP contribution >= 0.6 is 11.6 Å². The van der Waals surface area contributed by atoms with Crippen molar-refractivity contribution >= 4 is 33.0 Å². The standard InChI is InChI=1S/C22H17ClF3NO4S/c23-17-10-11-20(31-14-22(24,25)26)19(12-17)27-21(28)16-8-6-15(7-9-16)13-32(29,30)18-4-2-1-3-5-18/h1-12H,13-14H2,(H,27,28). The summed E-state index contributed by atoms with van der Waals surface area (Å²) < 4.78 is 67.1. The number of sulfone groups is 1. The van der Waals surface area contributed by atoms with Gasteiger partial charge >= 0.3 is 6.18 Å². The zero-order chi connectivity index (χ0) is 23.4. The Morgan fingerprint density at radius 3 is 2.25 bits per heavy atom. The van der Waals surface area contributed by atoms with Crippen molar-refractivity contribution in [2.45, 2.75) is 16.8 Å². The lowest BCUT2D eigenvalue weighted by Crippen LogP contribution is -2.20. The normalized spacial score (nSPS) is 11.8. The SMILES string of the molecule is O=C(Nc1cc(Cl)ccc1OCC(F)(F)F)c1ccc(CS(=O)(=O)c2ccccc2)cc1. The van der Waals surface area contributed by atoms with Crippen LogP contribution in [0.1, 0.15) is 15.9 Å². The third-order valence-electron chi connectivity index (χ3n) is 4.26. The molecule has 1 amide bonds. The lowest BCUT2D eigenvalue weighted by atomic mass is 10.1. The summed E-state index contributed by atoms with van der Waals surface area (Å²) in [6.07, 6.45) is -4.54. The van der Waals surface area contributed by atoms with Crippen molar-refractivity contribution < 1.29 is 31.1 Å². The minimum atomic E-state index is -4.54. The van der Waals surface area contributed by atoms with E-state index in [1.54, 1.807) is 18.2 Å². The van der Waals surface area contributed by atoms with E-state index in [0.717, 1.165) is 0 Å². The quantitative estimate of drug-likeness (QED) is 0.481. The molecule has 0 saturated heterocycles. The van der Waals surface area contributed by atoms with Crippen molar-refractivity contribution in [1.82, 2.24) is 0 Å². The average molecular weight is 484 g/mol. The Hall–Kier alpha value is -3.04. The molecule has 1 N–H and O–H groups in total. The number of halogens is 4. The lowest BCUT2D eigenvalue weighted by Gasteiger charge is -2.14. The molecular weight excluding hydrogens is 467 g/mol. The van der Waals surface area contributed by atoms with E-state index in [0.29, 0.717) is 5.56 Å². The summed E-state index contributed by atoms with van der Waals surface area (Å²) in [5, 5.41) is 2.66. The van der Waals surface area contributed by atoms with E-state index in [-0.39, 0.29) is 32.7 Å². The number of hydrogen-bond donors (Lipinski definition) is 1. The van der Waals surface area contributed by atoms with Gasteiger partial charge in [0, 0.05) is 10.6 Å². The van der Waals surface area contributed by atoms with Gasteiger partial charge in [-0.3, -0.25) is 4.79 Å². The van der Waals surface area contributed by atoms with E-state index in [4.69, 9.17) is 16.3 Å². The zero-order valence-electron chi connectivity index (χ0n) is 16.4. The molecule has 168 valence electrons. The van der Waals surface area contributed by atoms with Crippen LogP contribution in [-0.4, -0.2) is 27.1 Å². The molecule has 0 aliphatic heterocycles. The summed E-state index contributed by atoms with van der Waals surface area (Å²) in [6, 6.07) is 17.6. The van der Waals surface area contributed by atoms with Crippen LogP contribution in [0.5, 0.6) is 5.75 Å². The highest BCUT2D eigenvalue weighted by molar-refractivity contribution is 7.90. The molecule has 0 fully saturated rings. The van der Waals surface area contributed by atoms with Gasteiger partial charge in [0.05, 0.1) is 16.3 Å². The number of ether oxygens (including phenoxy) is 1. The topological polar surface area (TPSA) is 72.5 Å². The van der Waals surface area contributed by atoms with Gasteiger partial charge in [0.1, 0.15) is 5.75 Å². The number of alkyl halides is 3. The number of benzene rings is 3. The molecule has 3 aromatic carbocycles. The van der Waals surface area contributed by atoms with Crippen LogP contribution in [0.4, 0.5) is 18.9 Å². The molecule has 0 aromatic heterocycles. The first-order valence-electron chi connectivity index (χ1n) is 9.21. The van der Waals surface area contributed by atoms with Crippen molar-refractivity contribution in [2.24, 2.45) is 0 Å². The van der Waals surface area contributed by atoms with Crippen molar-refractivity contribution in [2.75, 3.05) is 11.9 Å². The first-order chi connectivity index (χ1) is 15.0. The van der Waals surface area contributed by atoms with Crippen molar-refractivity contribution in [1.29, 1.82) is 0 Å². The smallest absolute Gasteiger partial charge is 0.422 e. The Kier molecular flexibility index (Phi) is 7.10. The molecule has 5 nitrogen and oxygen atoms in total. The van der Waals surface area contributed by atoms with E-state index in [1.165, 1.54) is 54.6 Å². The number of nitrogens with one attached hydrogen (secondary N) is 1. The van der Waals surface area contributed by atoms with Crippen molar-refractivity contribution in [3.8, 4) is 5.75 Å².